The van der Waals surface area contributed by atoms with Gasteiger partial charge in [0.25, 0.3) is 11.6 Å². The molecule has 0 fully saturated rings. The lowest BCUT2D eigenvalue weighted by Gasteiger charge is -2.23. The number of rotatable bonds is 3. The first kappa shape index (κ1) is 14.8. The molecular weight excluding hydrogens is 296 g/mol. The Morgan fingerprint density at radius 2 is 2.05 bits per heavy atom. The van der Waals surface area contributed by atoms with Crippen LogP contribution in [0.1, 0.15) is 6.92 Å². The molecule has 21 heavy (non-hydrogen) atoms. The second kappa shape index (κ2) is 5.81. The minimum Gasteiger partial charge on any atom is -0.270 e. The van der Waals surface area contributed by atoms with Gasteiger partial charge in [0.05, 0.1) is 16.3 Å². The molecule has 1 amide bonds. The van der Waals surface area contributed by atoms with Crippen molar-refractivity contribution in [1.82, 2.24) is 5.01 Å². The van der Waals surface area contributed by atoms with E-state index in [2.05, 4.69) is 15.2 Å². The molecule has 0 aromatic heterocycles. The smallest absolute Gasteiger partial charge is 0.270 e. The number of carbonyl (C=O) groups is 1. The van der Waals surface area contributed by atoms with E-state index in [4.69, 9.17) is 18.1 Å². The number of aliphatic imine (C=N–C) groups is 1. The summed E-state index contributed by atoms with van der Waals surface area (Å²) < 4.78 is 0. The Bertz CT molecular complexity index is 669. The van der Waals surface area contributed by atoms with Gasteiger partial charge in [0, 0.05) is 12.1 Å². The molecule has 2 N–H and O–H groups in total. The number of amides is 1. The van der Waals surface area contributed by atoms with Gasteiger partial charge < -0.3 is 0 Å². The van der Waals surface area contributed by atoms with Crippen LogP contribution in [-0.2, 0) is 4.79 Å². The van der Waals surface area contributed by atoms with E-state index < -0.39 is 16.9 Å². The van der Waals surface area contributed by atoms with E-state index in [1.807, 2.05) is 0 Å². The van der Waals surface area contributed by atoms with E-state index in [9.17, 15) is 14.9 Å². The van der Waals surface area contributed by atoms with Crippen molar-refractivity contribution in [1.29, 1.82) is 0 Å². The highest BCUT2D eigenvalue weighted by Gasteiger charge is 2.32. The lowest BCUT2D eigenvalue weighted by molar-refractivity contribution is -0.384. The molecule has 1 aromatic rings. The van der Waals surface area contributed by atoms with Crippen molar-refractivity contribution >= 4 is 40.3 Å². The molecule has 10 heteroatoms. The number of nitrogens with zero attached hydrogens (tertiary/aromatic N) is 5. The van der Waals surface area contributed by atoms with Crippen LogP contribution in [0.15, 0.2) is 39.5 Å². The Morgan fingerprint density at radius 1 is 1.43 bits per heavy atom. The van der Waals surface area contributed by atoms with Gasteiger partial charge in [0.2, 0.25) is 5.11 Å². The number of carbonyl (C=O) groups excluding carboxylic acids is 1. The van der Waals surface area contributed by atoms with Crippen molar-refractivity contribution < 1.29 is 9.72 Å². The molecule has 108 valence electrons. The molecule has 0 unspecified atom stereocenters. The van der Waals surface area contributed by atoms with Crippen LogP contribution >= 0.6 is 12.2 Å². The van der Waals surface area contributed by atoms with Gasteiger partial charge in [0.1, 0.15) is 0 Å². The average Bonchev–Trinajstić information content (AvgIpc) is 2.45. The summed E-state index contributed by atoms with van der Waals surface area (Å²) in [6, 6.07) is 4.49. The minimum atomic E-state index is -0.947. The summed E-state index contributed by atoms with van der Waals surface area (Å²) in [6.07, 6.45) is 0. The highest BCUT2D eigenvalue weighted by atomic mass is 32.1. The molecule has 9 nitrogen and oxygen atoms in total. The van der Waals surface area contributed by atoms with Gasteiger partial charge in [-0.15, -0.1) is 0 Å². The molecule has 0 radical (unpaired) electrons. The first-order valence-electron chi connectivity index (χ1n) is 5.73. The fraction of sp³-hybridized carbons (Fsp3) is 0.182. The highest BCUT2D eigenvalue weighted by molar-refractivity contribution is 7.80. The van der Waals surface area contributed by atoms with Crippen LogP contribution in [0.2, 0.25) is 0 Å². The normalized spacial score (nSPS) is 19.0. The third kappa shape index (κ3) is 3.12. The molecule has 1 heterocycles. The first-order chi connectivity index (χ1) is 9.90. The fourth-order valence-corrected chi connectivity index (χ4v) is 1.80. The zero-order valence-electron chi connectivity index (χ0n) is 10.8. The molecule has 1 atom stereocenters. The summed E-state index contributed by atoms with van der Waals surface area (Å²) in [7, 11) is 0. The number of azo groups is 1. The second-order valence-electron chi connectivity index (χ2n) is 4.14. The van der Waals surface area contributed by atoms with Crippen LogP contribution in [0.25, 0.3) is 0 Å². The quantitative estimate of drug-likeness (QED) is 0.226. The van der Waals surface area contributed by atoms with Crippen molar-refractivity contribution in [2.45, 2.75) is 13.0 Å². The second-order valence-corrected chi connectivity index (χ2v) is 4.50. The standard InChI is InChI=1S/C11H10N6O3S/c1-6-9(10(18)16(12)11(21)13-6)15-14-7-2-4-8(5-3-7)17(19)20/h2-5,9H,12H2,1H3/t9-/m1/s1. The minimum absolute atomic E-state index is 0.0284. The molecule has 1 aliphatic heterocycles. The van der Waals surface area contributed by atoms with Gasteiger partial charge in [0.15, 0.2) is 6.04 Å². The van der Waals surface area contributed by atoms with Crippen LogP contribution in [0, 0.1) is 10.1 Å². The number of non-ortho nitro benzene ring substituents is 1. The number of nitrogens with two attached hydrogens (primary N) is 1. The van der Waals surface area contributed by atoms with Crippen molar-refractivity contribution in [2.75, 3.05) is 0 Å². The molecule has 2 rings (SSSR count). The first-order valence-corrected chi connectivity index (χ1v) is 6.14. The maximum Gasteiger partial charge on any atom is 0.275 e. The van der Waals surface area contributed by atoms with E-state index in [1.54, 1.807) is 6.92 Å². The Morgan fingerprint density at radius 3 is 2.62 bits per heavy atom. The van der Waals surface area contributed by atoms with Crippen molar-refractivity contribution in [3.8, 4) is 0 Å². The summed E-state index contributed by atoms with van der Waals surface area (Å²) in [5.41, 5.74) is 0.703. The summed E-state index contributed by atoms with van der Waals surface area (Å²) in [5, 5.41) is 19.0. The molecule has 0 saturated heterocycles. The molecule has 0 aliphatic carbocycles. The fourth-order valence-electron chi connectivity index (χ4n) is 1.57. The van der Waals surface area contributed by atoms with E-state index in [0.717, 1.165) is 5.01 Å². The zero-order chi connectivity index (χ0) is 15.6. The summed E-state index contributed by atoms with van der Waals surface area (Å²) in [6.45, 7) is 1.59. The molecule has 1 aromatic carbocycles. The average molecular weight is 306 g/mol. The maximum atomic E-state index is 11.9. The van der Waals surface area contributed by atoms with Crippen molar-refractivity contribution in [2.24, 2.45) is 21.1 Å². The SMILES string of the molecule is CC1=NC(=S)N(N)C(=O)[C@@H]1N=Nc1ccc([N+](=O)[O-])cc1. The molecule has 0 saturated carbocycles. The number of hydrazine groups is 1. The Hall–Kier alpha value is -2.59. The number of hydrogen-bond donors (Lipinski definition) is 1. The predicted octanol–water partition coefficient (Wildman–Crippen LogP) is 1.51. The molecule has 1 aliphatic rings. The Labute approximate surface area is 124 Å². The Balaban J connectivity index is 2.20. The number of nitro benzene ring substituents is 1. The zero-order valence-corrected chi connectivity index (χ0v) is 11.6. The number of benzene rings is 1. The van der Waals surface area contributed by atoms with Gasteiger partial charge >= 0.3 is 0 Å². The van der Waals surface area contributed by atoms with Gasteiger partial charge in [-0.25, -0.2) is 15.8 Å². The van der Waals surface area contributed by atoms with Crippen LogP contribution in [0.4, 0.5) is 11.4 Å². The summed E-state index contributed by atoms with van der Waals surface area (Å²) in [5.74, 6) is 4.93. The van der Waals surface area contributed by atoms with E-state index in [1.165, 1.54) is 24.3 Å². The van der Waals surface area contributed by atoms with Gasteiger partial charge in [-0.05, 0) is 31.3 Å². The van der Waals surface area contributed by atoms with Crippen LogP contribution in [0.3, 0.4) is 0 Å². The third-order valence-corrected chi connectivity index (χ3v) is 2.98. The van der Waals surface area contributed by atoms with Crippen LogP contribution in [0.5, 0.6) is 0 Å². The molecule has 0 bridgehead atoms. The number of hydrogen-bond acceptors (Lipinski definition) is 7. The highest BCUT2D eigenvalue weighted by Crippen LogP contribution is 2.19. The maximum absolute atomic E-state index is 11.9. The van der Waals surface area contributed by atoms with Crippen LogP contribution < -0.4 is 5.84 Å². The number of thiocarbonyl (C=S) groups is 1. The van der Waals surface area contributed by atoms with Crippen LogP contribution in [-0.4, -0.2) is 32.7 Å². The third-order valence-electron chi connectivity index (χ3n) is 2.69. The molecular formula is C11H10N6O3S. The summed E-state index contributed by atoms with van der Waals surface area (Å²) in [4.78, 5) is 25.8. The van der Waals surface area contributed by atoms with E-state index >= 15 is 0 Å². The Kier molecular flexibility index (Phi) is 4.10. The largest absolute Gasteiger partial charge is 0.275 e. The van der Waals surface area contributed by atoms with E-state index in [0.29, 0.717) is 11.4 Å². The van der Waals surface area contributed by atoms with Crippen molar-refractivity contribution in [3.63, 3.8) is 0 Å². The lowest BCUT2D eigenvalue weighted by Crippen LogP contribution is -2.51. The number of nitro groups is 1. The predicted molar refractivity (Wildman–Crippen MR) is 78.1 cm³/mol. The van der Waals surface area contributed by atoms with E-state index in [-0.39, 0.29) is 10.8 Å². The lowest BCUT2D eigenvalue weighted by atomic mass is 10.1. The van der Waals surface area contributed by atoms with Gasteiger partial charge in [-0.3, -0.25) is 14.9 Å². The summed E-state index contributed by atoms with van der Waals surface area (Å²) >= 11 is 4.81. The van der Waals surface area contributed by atoms with Gasteiger partial charge in [-0.1, -0.05) is 0 Å². The monoisotopic (exact) mass is 306 g/mol. The molecule has 0 spiro atoms. The van der Waals surface area contributed by atoms with Crippen molar-refractivity contribution in [3.05, 3.63) is 34.4 Å². The topological polar surface area (TPSA) is 127 Å². The van der Waals surface area contributed by atoms with Gasteiger partial charge in [-0.2, -0.15) is 10.2 Å².